The molecule has 2 heteroatoms. The summed E-state index contributed by atoms with van der Waals surface area (Å²) in [5.41, 5.74) is 3.78. The number of nitrogens with zero attached hydrogens (tertiary/aromatic N) is 2. The first-order valence-electron chi connectivity index (χ1n) is 6.54. The molecule has 96 valence electrons. The number of rotatable bonds is 2. The molecule has 0 unspecified atom stereocenters. The van der Waals surface area contributed by atoms with Gasteiger partial charge in [-0.3, -0.25) is 0 Å². The smallest absolute Gasteiger partial charge is 0.0638 e. The molecular formula is C18H14N2. The Hall–Kier alpha value is -2.74. The van der Waals surface area contributed by atoms with Crippen molar-refractivity contribution in [2.24, 2.45) is 9.98 Å². The molecule has 0 aliphatic heterocycles. The molecule has 0 radical (unpaired) electrons. The summed E-state index contributed by atoms with van der Waals surface area (Å²) in [6, 6.07) is 19.9. The third-order valence-electron chi connectivity index (χ3n) is 2.88. The SMILES string of the molecule is C1=CC(=Nc2ccccc2)C=CC1=Nc1ccccc1. The van der Waals surface area contributed by atoms with Gasteiger partial charge < -0.3 is 0 Å². The van der Waals surface area contributed by atoms with Crippen LogP contribution in [0.5, 0.6) is 0 Å². The van der Waals surface area contributed by atoms with E-state index in [2.05, 4.69) is 9.98 Å². The second kappa shape index (κ2) is 5.93. The fourth-order valence-corrected chi connectivity index (χ4v) is 1.90. The van der Waals surface area contributed by atoms with E-state index in [1.807, 2.05) is 85.0 Å². The van der Waals surface area contributed by atoms with Gasteiger partial charge in [-0.25, -0.2) is 9.98 Å². The van der Waals surface area contributed by atoms with E-state index in [4.69, 9.17) is 0 Å². The van der Waals surface area contributed by atoms with Crippen molar-refractivity contribution >= 4 is 22.8 Å². The van der Waals surface area contributed by atoms with Crippen LogP contribution in [0.3, 0.4) is 0 Å². The van der Waals surface area contributed by atoms with Gasteiger partial charge in [-0.1, -0.05) is 36.4 Å². The molecule has 0 aromatic heterocycles. The van der Waals surface area contributed by atoms with Crippen molar-refractivity contribution in [2.75, 3.05) is 0 Å². The number of para-hydroxylation sites is 2. The maximum Gasteiger partial charge on any atom is 0.0638 e. The highest BCUT2D eigenvalue weighted by molar-refractivity contribution is 6.19. The van der Waals surface area contributed by atoms with E-state index < -0.39 is 0 Å². The lowest BCUT2D eigenvalue weighted by Gasteiger charge is -2.03. The van der Waals surface area contributed by atoms with Gasteiger partial charge in [-0.05, 0) is 48.6 Å². The van der Waals surface area contributed by atoms with Gasteiger partial charge in [0, 0.05) is 0 Å². The molecule has 0 bridgehead atoms. The molecule has 2 aromatic rings. The summed E-state index contributed by atoms with van der Waals surface area (Å²) in [5, 5.41) is 0. The Balaban J connectivity index is 1.78. The topological polar surface area (TPSA) is 24.7 Å². The van der Waals surface area contributed by atoms with E-state index in [-0.39, 0.29) is 0 Å². The minimum absolute atomic E-state index is 0.934. The summed E-state index contributed by atoms with van der Waals surface area (Å²) < 4.78 is 0. The fraction of sp³-hybridized carbons (Fsp3) is 0. The zero-order chi connectivity index (χ0) is 13.6. The molecule has 0 N–H and O–H groups in total. The first-order chi connectivity index (χ1) is 9.90. The molecule has 2 aromatic carbocycles. The average molecular weight is 258 g/mol. The van der Waals surface area contributed by atoms with Crippen LogP contribution in [0.25, 0.3) is 0 Å². The van der Waals surface area contributed by atoms with Crippen molar-refractivity contribution in [1.29, 1.82) is 0 Å². The Bertz CT molecular complexity index is 613. The summed E-state index contributed by atoms with van der Waals surface area (Å²) in [6.07, 6.45) is 7.92. The zero-order valence-electron chi connectivity index (χ0n) is 11.0. The standard InChI is InChI=1S/C18H14N2/c1-3-7-15(8-4-1)19-17-11-13-18(14-12-17)20-16-9-5-2-6-10-16/h1-14H. The van der Waals surface area contributed by atoms with E-state index in [1.54, 1.807) is 0 Å². The third kappa shape index (κ3) is 3.18. The molecule has 0 saturated heterocycles. The summed E-state index contributed by atoms with van der Waals surface area (Å²) in [4.78, 5) is 9.10. The van der Waals surface area contributed by atoms with Crippen LogP contribution in [0, 0.1) is 0 Å². The van der Waals surface area contributed by atoms with Crippen LogP contribution in [0.2, 0.25) is 0 Å². The normalized spacial score (nSPS) is 13.4. The molecule has 0 amide bonds. The van der Waals surface area contributed by atoms with Gasteiger partial charge >= 0.3 is 0 Å². The number of hydrogen-bond acceptors (Lipinski definition) is 2. The van der Waals surface area contributed by atoms with Gasteiger partial charge in [0.25, 0.3) is 0 Å². The highest BCUT2D eigenvalue weighted by atomic mass is 14.8. The van der Waals surface area contributed by atoms with Gasteiger partial charge in [0.1, 0.15) is 0 Å². The molecule has 0 heterocycles. The van der Waals surface area contributed by atoms with Gasteiger partial charge in [0.05, 0.1) is 22.8 Å². The third-order valence-corrected chi connectivity index (χ3v) is 2.88. The van der Waals surface area contributed by atoms with Crippen LogP contribution in [-0.4, -0.2) is 11.4 Å². The van der Waals surface area contributed by atoms with Gasteiger partial charge in [-0.2, -0.15) is 0 Å². The number of hydrogen-bond donors (Lipinski definition) is 0. The van der Waals surface area contributed by atoms with E-state index >= 15 is 0 Å². The van der Waals surface area contributed by atoms with Crippen LogP contribution in [-0.2, 0) is 0 Å². The Labute approximate surface area is 118 Å². The second-order valence-electron chi connectivity index (χ2n) is 4.41. The summed E-state index contributed by atoms with van der Waals surface area (Å²) in [5.74, 6) is 0. The second-order valence-corrected chi connectivity index (χ2v) is 4.41. The first-order valence-corrected chi connectivity index (χ1v) is 6.54. The van der Waals surface area contributed by atoms with Crippen molar-refractivity contribution in [1.82, 2.24) is 0 Å². The maximum absolute atomic E-state index is 4.55. The van der Waals surface area contributed by atoms with Crippen LogP contribution in [0.4, 0.5) is 11.4 Å². The van der Waals surface area contributed by atoms with Crippen molar-refractivity contribution in [3.05, 3.63) is 85.0 Å². The number of allylic oxidation sites excluding steroid dienone is 4. The lowest BCUT2D eigenvalue weighted by Crippen LogP contribution is -1.99. The molecule has 0 spiro atoms. The first kappa shape index (κ1) is 12.3. The fourth-order valence-electron chi connectivity index (χ4n) is 1.90. The van der Waals surface area contributed by atoms with Crippen molar-refractivity contribution in [3.63, 3.8) is 0 Å². The predicted molar refractivity (Wildman–Crippen MR) is 85.4 cm³/mol. The van der Waals surface area contributed by atoms with E-state index in [0.29, 0.717) is 0 Å². The van der Waals surface area contributed by atoms with Gasteiger partial charge in [0.2, 0.25) is 0 Å². The van der Waals surface area contributed by atoms with Crippen LogP contribution in [0.15, 0.2) is 95.0 Å². The molecule has 2 nitrogen and oxygen atoms in total. The Morgan fingerprint density at radius 1 is 0.450 bits per heavy atom. The molecule has 1 aliphatic rings. The molecule has 0 fully saturated rings. The Kier molecular flexibility index (Phi) is 3.65. The monoisotopic (exact) mass is 258 g/mol. The molecule has 20 heavy (non-hydrogen) atoms. The number of benzene rings is 2. The molecule has 0 atom stereocenters. The summed E-state index contributed by atoms with van der Waals surface area (Å²) >= 11 is 0. The Morgan fingerprint density at radius 2 is 0.800 bits per heavy atom. The molecule has 1 aliphatic carbocycles. The highest BCUT2D eigenvalue weighted by Gasteiger charge is 1.99. The zero-order valence-corrected chi connectivity index (χ0v) is 11.0. The van der Waals surface area contributed by atoms with Crippen molar-refractivity contribution in [3.8, 4) is 0 Å². The lowest BCUT2D eigenvalue weighted by molar-refractivity contribution is 1.51. The van der Waals surface area contributed by atoms with Crippen LogP contribution >= 0.6 is 0 Å². The van der Waals surface area contributed by atoms with Gasteiger partial charge in [0.15, 0.2) is 0 Å². The van der Waals surface area contributed by atoms with E-state index in [0.717, 1.165) is 22.8 Å². The predicted octanol–water partition coefficient (Wildman–Crippen LogP) is 4.66. The summed E-state index contributed by atoms with van der Waals surface area (Å²) in [7, 11) is 0. The lowest BCUT2D eigenvalue weighted by atomic mass is 10.1. The van der Waals surface area contributed by atoms with Crippen LogP contribution < -0.4 is 0 Å². The molecular weight excluding hydrogens is 244 g/mol. The maximum atomic E-state index is 4.55. The largest absolute Gasteiger partial charge is 0.249 e. The molecule has 3 rings (SSSR count). The van der Waals surface area contributed by atoms with E-state index in [1.165, 1.54) is 0 Å². The van der Waals surface area contributed by atoms with Crippen molar-refractivity contribution < 1.29 is 0 Å². The summed E-state index contributed by atoms with van der Waals surface area (Å²) in [6.45, 7) is 0. The highest BCUT2D eigenvalue weighted by Crippen LogP contribution is 2.14. The Morgan fingerprint density at radius 3 is 1.15 bits per heavy atom. The average Bonchev–Trinajstić information content (AvgIpc) is 2.51. The molecule has 0 saturated carbocycles. The van der Waals surface area contributed by atoms with E-state index in [9.17, 15) is 0 Å². The number of aliphatic imine (C=N–C) groups is 2. The minimum Gasteiger partial charge on any atom is -0.249 e. The van der Waals surface area contributed by atoms with Crippen LogP contribution in [0.1, 0.15) is 0 Å². The minimum atomic E-state index is 0.934. The van der Waals surface area contributed by atoms with Crippen molar-refractivity contribution in [2.45, 2.75) is 0 Å². The van der Waals surface area contributed by atoms with Gasteiger partial charge in [-0.15, -0.1) is 0 Å². The quantitative estimate of drug-likeness (QED) is 0.700.